The molecular formula is C17H21BrN2O3. The molecule has 0 N–H and O–H groups in total. The Morgan fingerprint density at radius 1 is 1.39 bits per heavy atom. The molecule has 3 rings (SSSR count). The Labute approximate surface area is 144 Å². The van der Waals surface area contributed by atoms with Crippen LogP contribution >= 0.6 is 15.9 Å². The lowest BCUT2D eigenvalue weighted by Crippen LogP contribution is -2.43. The Hall–Kier alpha value is -1.24. The van der Waals surface area contributed by atoms with E-state index in [4.69, 9.17) is 9.47 Å². The van der Waals surface area contributed by atoms with Crippen molar-refractivity contribution in [3.05, 3.63) is 40.6 Å². The second-order valence-corrected chi connectivity index (χ2v) is 7.17. The highest BCUT2D eigenvalue weighted by Crippen LogP contribution is 2.32. The number of amides is 1. The van der Waals surface area contributed by atoms with Crippen LogP contribution in [-0.2, 0) is 20.8 Å². The summed E-state index contributed by atoms with van der Waals surface area (Å²) in [6.07, 6.45) is 8.44. The molecule has 1 saturated heterocycles. The highest BCUT2D eigenvalue weighted by Gasteiger charge is 2.46. The maximum Gasteiger partial charge on any atom is 0.254 e. The molecule has 2 aliphatic rings. The quantitative estimate of drug-likeness (QED) is 0.739. The van der Waals surface area contributed by atoms with Gasteiger partial charge in [-0.15, -0.1) is 0 Å². The number of pyridine rings is 1. The number of aromatic nitrogens is 1. The molecule has 0 unspecified atom stereocenters. The van der Waals surface area contributed by atoms with Crippen molar-refractivity contribution in [3.8, 4) is 0 Å². The van der Waals surface area contributed by atoms with E-state index < -0.39 is 11.9 Å². The first kappa shape index (κ1) is 16.6. The van der Waals surface area contributed by atoms with Crippen LogP contribution in [0.5, 0.6) is 0 Å². The van der Waals surface area contributed by atoms with Crippen molar-refractivity contribution >= 4 is 21.8 Å². The normalized spacial score (nSPS) is 28.7. The van der Waals surface area contributed by atoms with E-state index in [0.717, 1.165) is 16.5 Å². The van der Waals surface area contributed by atoms with Crippen LogP contribution in [0.1, 0.15) is 32.3 Å². The van der Waals surface area contributed by atoms with Crippen LogP contribution in [0, 0.1) is 0 Å². The van der Waals surface area contributed by atoms with E-state index in [9.17, 15) is 4.79 Å². The van der Waals surface area contributed by atoms with Crippen molar-refractivity contribution in [2.45, 2.75) is 51.2 Å². The van der Waals surface area contributed by atoms with E-state index >= 15 is 0 Å². The van der Waals surface area contributed by atoms with Gasteiger partial charge in [0.2, 0.25) is 0 Å². The summed E-state index contributed by atoms with van der Waals surface area (Å²) in [5.74, 6) is -0.728. The molecule has 0 bridgehead atoms. The van der Waals surface area contributed by atoms with Gasteiger partial charge in [0.05, 0.1) is 6.10 Å². The van der Waals surface area contributed by atoms with Crippen molar-refractivity contribution in [3.63, 3.8) is 0 Å². The Bertz CT molecular complexity index is 618. The minimum Gasteiger partial charge on any atom is -0.344 e. The van der Waals surface area contributed by atoms with E-state index in [1.165, 1.54) is 0 Å². The lowest BCUT2D eigenvalue weighted by Gasteiger charge is -2.26. The predicted molar refractivity (Wildman–Crippen MR) is 89.6 cm³/mol. The fraction of sp³-hybridized carbons (Fsp3) is 0.529. The zero-order valence-electron chi connectivity index (χ0n) is 13.4. The van der Waals surface area contributed by atoms with Crippen LogP contribution in [0.3, 0.4) is 0 Å². The molecule has 6 heteroatoms. The molecule has 5 nitrogen and oxygen atoms in total. The molecule has 1 amide bonds. The van der Waals surface area contributed by atoms with Gasteiger partial charge in [0, 0.05) is 30.0 Å². The van der Waals surface area contributed by atoms with Gasteiger partial charge < -0.3 is 14.4 Å². The third-order valence-corrected chi connectivity index (χ3v) is 4.77. The number of nitrogens with zero attached hydrogens (tertiary/aromatic N) is 2. The number of rotatable bonds is 2. The Balaban J connectivity index is 1.83. The zero-order chi connectivity index (χ0) is 16.4. The van der Waals surface area contributed by atoms with Crippen LogP contribution in [0.2, 0.25) is 0 Å². The first-order valence-electron chi connectivity index (χ1n) is 7.84. The highest BCUT2D eigenvalue weighted by molar-refractivity contribution is 9.10. The van der Waals surface area contributed by atoms with Crippen molar-refractivity contribution in [2.24, 2.45) is 0 Å². The average molecular weight is 381 g/mol. The number of hydrogen-bond donors (Lipinski definition) is 0. The van der Waals surface area contributed by atoms with Gasteiger partial charge in [-0.2, -0.15) is 0 Å². The zero-order valence-corrected chi connectivity index (χ0v) is 15.0. The smallest absolute Gasteiger partial charge is 0.254 e. The van der Waals surface area contributed by atoms with Crippen molar-refractivity contribution in [2.75, 3.05) is 6.54 Å². The lowest BCUT2D eigenvalue weighted by molar-refractivity contribution is -0.162. The summed E-state index contributed by atoms with van der Waals surface area (Å²) >= 11 is 3.50. The molecule has 124 valence electrons. The molecule has 3 heterocycles. The molecule has 23 heavy (non-hydrogen) atoms. The number of carbonyl (C=O) groups is 1. The summed E-state index contributed by atoms with van der Waals surface area (Å²) < 4.78 is 12.7. The lowest BCUT2D eigenvalue weighted by atomic mass is 10.1. The molecule has 1 fully saturated rings. The number of fused-ring (bicyclic) bond motifs is 1. The summed E-state index contributed by atoms with van der Waals surface area (Å²) in [4.78, 5) is 18.9. The summed E-state index contributed by atoms with van der Waals surface area (Å²) in [6, 6.07) is 1.92. The summed E-state index contributed by atoms with van der Waals surface area (Å²) in [6.45, 7) is 4.90. The molecule has 0 spiro atoms. The third-order valence-electron chi connectivity index (χ3n) is 4.06. The number of halogens is 1. The van der Waals surface area contributed by atoms with Crippen LogP contribution in [-0.4, -0.2) is 40.3 Å². The SMILES string of the molecule is CC1(C)O[C@@H]2C(=O)N(Cc3ccncc3Br)CC/C=C\C[C@H]2O1. The Morgan fingerprint density at radius 2 is 2.22 bits per heavy atom. The molecule has 0 aliphatic carbocycles. The van der Waals surface area contributed by atoms with Crippen LogP contribution in [0.25, 0.3) is 0 Å². The van der Waals surface area contributed by atoms with Crippen molar-refractivity contribution < 1.29 is 14.3 Å². The highest BCUT2D eigenvalue weighted by atomic mass is 79.9. The number of carbonyl (C=O) groups excluding carboxylic acids is 1. The minimum atomic E-state index is -0.721. The molecule has 0 aromatic carbocycles. The van der Waals surface area contributed by atoms with Crippen LogP contribution in [0.15, 0.2) is 35.1 Å². The van der Waals surface area contributed by atoms with Gasteiger partial charge in [-0.25, -0.2) is 0 Å². The van der Waals surface area contributed by atoms with Gasteiger partial charge >= 0.3 is 0 Å². The summed E-state index contributed by atoms with van der Waals surface area (Å²) in [5, 5.41) is 0. The Kier molecular flexibility index (Phi) is 4.85. The number of hydrogen-bond acceptors (Lipinski definition) is 4. The van der Waals surface area contributed by atoms with E-state index in [2.05, 4.69) is 33.1 Å². The van der Waals surface area contributed by atoms with Gasteiger partial charge in [-0.1, -0.05) is 12.2 Å². The van der Waals surface area contributed by atoms with E-state index in [0.29, 0.717) is 19.5 Å². The van der Waals surface area contributed by atoms with Gasteiger partial charge in [-0.05, 0) is 54.2 Å². The second-order valence-electron chi connectivity index (χ2n) is 6.32. The van der Waals surface area contributed by atoms with E-state index in [1.54, 1.807) is 12.4 Å². The molecule has 0 radical (unpaired) electrons. The second kappa shape index (κ2) is 6.71. The number of ether oxygens (including phenoxy) is 2. The van der Waals surface area contributed by atoms with E-state index in [-0.39, 0.29) is 12.0 Å². The first-order valence-corrected chi connectivity index (χ1v) is 8.63. The maximum atomic E-state index is 13.0. The van der Waals surface area contributed by atoms with Crippen molar-refractivity contribution in [1.29, 1.82) is 0 Å². The monoisotopic (exact) mass is 380 g/mol. The first-order chi connectivity index (χ1) is 11.0. The fourth-order valence-corrected chi connectivity index (χ4v) is 3.36. The molecule has 1 aromatic rings. The molecule has 1 aromatic heterocycles. The molecule has 2 aliphatic heterocycles. The predicted octanol–water partition coefficient (Wildman–Crippen LogP) is 3.04. The van der Waals surface area contributed by atoms with Gasteiger partial charge in [0.25, 0.3) is 5.91 Å². The van der Waals surface area contributed by atoms with Gasteiger partial charge in [0.15, 0.2) is 11.9 Å². The average Bonchev–Trinajstić information content (AvgIpc) is 2.83. The molecular weight excluding hydrogens is 360 g/mol. The van der Waals surface area contributed by atoms with E-state index in [1.807, 2.05) is 24.8 Å². The largest absolute Gasteiger partial charge is 0.344 e. The standard InChI is InChI=1S/C17H21BrN2O3/c1-17(2)22-14-6-4-3-5-9-20(16(21)15(14)23-17)11-12-7-8-19-10-13(12)18/h3-4,7-8,10,14-15H,5-6,9,11H2,1-2H3/b4-3-/t14-,15+/m1/s1. The third kappa shape index (κ3) is 3.82. The topological polar surface area (TPSA) is 51.7 Å². The van der Waals surface area contributed by atoms with Crippen LogP contribution in [0.4, 0.5) is 0 Å². The molecule has 0 saturated carbocycles. The maximum absolute atomic E-state index is 13.0. The summed E-state index contributed by atoms with van der Waals surface area (Å²) in [5.41, 5.74) is 1.03. The van der Waals surface area contributed by atoms with Crippen LogP contribution < -0.4 is 0 Å². The van der Waals surface area contributed by atoms with Gasteiger partial charge in [0.1, 0.15) is 0 Å². The van der Waals surface area contributed by atoms with Crippen molar-refractivity contribution in [1.82, 2.24) is 9.88 Å². The summed E-state index contributed by atoms with van der Waals surface area (Å²) in [7, 11) is 0. The Morgan fingerprint density at radius 3 is 3.00 bits per heavy atom. The molecule has 2 atom stereocenters. The minimum absolute atomic E-state index is 0.00649. The fourth-order valence-electron chi connectivity index (χ4n) is 2.98. The van der Waals surface area contributed by atoms with Gasteiger partial charge in [-0.3, -0.25) is 9.78 Å².